The fourth-order valence-electron chi connectivity index (χ4n) is 1.52. The highest BCUT2D eigenvalue weighted by atomic mass is 32.2. The Balaban J connectivity index is 1.77. The second-order valence-electron chi connectivity index (χ2n) is 3.71. The van der Waals surface area contributed by atoms with Gasteiger partial charge in [-0.2, -0.15) is 0 Å². The molecule has 0 spiro atoms. The molecule has 1 saturated heterocycles. The Morgan fingerprint density at radius 3 is 3.00 bits per heavy atom. The summed E-state index contributed by atoms with van der Waals surface area (Å²) in [5.74, 6) is 0.145. The smallest absolute Gasteiger partial charge is 0.288 e. The summed E-state index contributed by atoms with van der Waals surface area (Å²) in [6, 6.07) is 0. The first-order chi connectivity index (χ1) is 8.70. The average Bonchev–Trinajstić information content (AvgIpc) is 2.91. The standard InChI is InChI=1S/C10H14N4O2S2/c11-2-1-7-5-17-9(13-7)12-3-4-14-8(15)6-18-10(14)16/h5H,1-4,6,11H2,(H,12,13). The van der Waals surface area contributed by atoms with Crippen LogP contribution in [0.2, 0.25) is 0 Å². The van der Waals surface area contributed by atoms with Crippen molar-refractivity contribution < 1.29 is 9.59 Å². The Morgan fingerprint density at radius 1 is 1.50 bits per heavy atom. The summed E-state index contributed by atoms with van der Waals surface area (Å²) in [6.45, 7) is 1.49. The van der Waals surface area contributed by atoms with E-state index in [1.54, 1.807) is 0 Å². The number of aromatic nitrogens is 1. The van der Waals surface area contributed by atoms with Crippen LogP contribution in [0.15, 0.2) is 5.38 Å². The first kappa shape index (κ1) is 13.3. The van der Waals surface area contributed by atoms with Crippen LogP contribution >= 0.6 is 23.1 Å². The molecule has 98 valence electrons. The molecule has 0 atom stereocenters. The zero-order chi connectivity index (χ0) is 13.0. The minimum absolute atomic E-state index is 0.116. The predicted octanol–water partition coefficient (Wildman–Crippen LogP) is 0.752. The Bertz CT molecular complexity index is 433. The fraction of sp³-hybridized carbons (Fsp3) is 0.500. The van der Waals surface area contributed by atoms with Crippen molar-refractivity contribution >= 4 is 39.4 Å². The van der Waals surface area contributed by atoms with E-state index in [4.69, 9.17) is 5.73 Å². The lowest BCUT2D eigenvalue weighted by atomic mass is 10.3. The molecule has 2 amide bonds. The number of carbonyl (C=O) groups is 2. The van der Waals surface area contributed by atoms with Crippen LogP contribution in [0.3, 0.4) is 0 Å². The van der Waals surface area contributed by atoms with Crippen LogP contribution in [0.5, 0.6) is 0 Å². The third-order valence-electron chi connectivity index (χ3n) is 2.40. The van der Waals surface area contributed by atoms with Gasteiger partial charge in [-0.3, -0.25) is 14.5 Å². The number of nitrogens with zero attached hydrogens (tertiary/aromatic N) is 2. The molecule has 0 unspecified atom stereocenters. The van der Waals surface area contributed by atoms with E-state index < -0.39 is 0 Å². The number of hydrogen-bond acceptors (Lipinski definition) is 7. The number of amides is 2. The van der Waals surface area contributed by atoms with E-state index in [-0.39, 0.29) is 16.9 Å². The molecule has 0 saturated carbocycles. The van der Waals surface area contributed by atoms with Gasteiger partial charge >= 0.3 is 0 Å². The number of anilines is 1. The molecule has 0 aliphatic carbocycles. The van der Waals surface area contributed by atoms with E-state index in [2.05, 4.69) is 10.3 Å². The quantitative estimate of drug-likeness (QED) is 0.802. The molecule has 1 aromatic heterocycles. The van der Waals surface area contributed by atoms with Crippen molar-refractivity contribution in [3.8, 4) is 0 Å². The van der Waals surface area contributed by atoms with Crippen molar-refractivity contribution in [1.82, 2.24) is 9.88 Å². The maximum atomic E-state index is 11.3. The predicted molar refractivity (Wildman–Crippen MR) is 72.9 cm³/mol. The Labute approximate surface area is 113 Å². The maximum absolute atomic E-state index is 11.3. The maximum Gasteiger partial charge on any atom is 0.288 e. The van der Waals surface area contributed by atoms with Crippen molar-refractivity contribution in [2.45, 2.75) is 6.42 Å². The Kier molecular flexibility index (Phi) is 4.56. The summed E-state index contributed by atoms with van der Waals surface area (Å²) in [5, 5.41) is 5.69. The van der Waals surface area contributed by atoms with Crippen LogP contribution in [0.1, 0.15) is 5.69 Å². The number of rotatable bonds is 6. The van der Waals surface area contributed by atoms with Crippen LogP contribution in [0, 0.1) is 0 Å². The van der Waals surface area contributed by atoms with Crippen LogP contribution in [-0.2, 0) is 11.2 Å². The van der Waals surface area contributed by atoms with Crippen molar-refractivity contribution in [2.24, 2.45) is 5.73 Å². The minimum Gasteiger partial charge on any atom is -0.360 e. The molecule has 18 heavy (non-hydrogen) atoms. The topological polar surface area (TPSA) is 88.3 Å². The number of nitrogens with one attached hydrogen (secondary N) is 1. The number of hydrogen-bond donors (Lipinski definition) is 2. The van der Waals surface area contributed by atoms with Gasteiger partial charge in [-0.15, -0.1) is 11.3 Å². The number of nitrogens with two attached hydrogens (primary N) is 1. The van der Waals surface area contributed by atoms with E-state index in [0.717, 1.165) is 29.0 Å². The van der Waals surface area contributed by atoms with Crippen LogP contribution in [0.4, 0.5) is 9.93 Å². The second-order valence-corrected chi connectivity index (χ2v) is 5.49. The van der Waals surface area contributed by atoms with Gasteiger partial charge in [0.05, 0.1) is 11.4 Å². The molecule has 0 radical (unpaired) electrons. The van der Waals surface area contributed by atoms with Gasteiger partial charge < -0.3 is 11.1 Å². The highest BCUT2D eigenvalue weighted by Gasteiger charge is 2.29. The monoisotopic (exact) mass is 286 g/mol. The van der Waals surface area contributed by atoms with Gasteiger partial charge in [0.1, 0.15) is 0 Å². The largest absolute Gasteiger partial charge is 0.360 e. The number of thioether (sulfide) groups is 1. The molecule has 1 aliphatic rings. The third-order valence-corrected chi connectivity index (χ3v) is 4.11. The lowest BCUT2D eigenvalue weighted by molar-refractivity contribution is -0.124. The third kappa shape index (κ3) is 3.21. The van der Waals surface area contributed by atoms with E-state index in [1.807, 2.05) is 5.38 Å². The molecule has 6 nitrogen and oxygen atoms in total. The van der Waals surface area contributed by atoms with Crippen molar-refractivity contribution in [2.75, 3.05) is 30.7 Å². The van der Waals surface area contributed by atoms with Gasteiger partial charge in [0.25, 0.3) is 5.24 Å². The summed E-state index contributed by atoms with van der Waals surface area (Å²) < 4.78 is 0. The lowest BCUT2D eigenvalue weighted by Gasteiger charge is -2.12. The SMILES string of the molecule is NCCc1csc(NCCN2C(=O)CSC2=O)n1. The molecule has 1 fully saturated rings. The highest BCUT2D eigenvalue weighted by molar-refractivity contribution is 8.14. The lowest BCUT2D eigenvalue weighted by Crippen LogP contribution is -2.33. The van der Waals surface area contributed by atoms with E-state index in [0.29, 0.717) is 19.6 Å². The summed E-state index contributed by atoms with van der Waals surface area (Å²) >= 11 is 2.56. The first-order valence-electron chi connectivity index (χ1n) is 5.56. The van der Waals surface area contributed by atoms with Crippen molar-refractivity contribution in [3.63, 3.8) is 0 Å². The molecule has 1 aromatic rings. The van der Waals surface area contributed by atoms with Crippen LogP contribution < -0.4 is 11.1 Å². The van der Waals surface area contributed by atoms with Crippen LogP contribution in [0.25, 0.3) is 0 Å². The molecule has 3 N–H and O–H groups in total. The zero-order valence-corrected chi connectivity index (χ0v) is 11.4. The normalized spacial score (nSPS) is 15.5. The number of carbonyl (C=O) groups excluding carboxylic acids is 2. The number of imide groups is 1. The summed E-state index contributed by atoms with van der Waals surface area (Å²) in [6.07, 6.45) is 0.762. The summed E-state index contributed by atoms with van der Waals surface area (Å²) in [5.41, 5.74) is 6.41. The van der Waals surface area contributed by atoms with E-state index in [9.17, 15) is 9.59 Å². The first-order valence-corrected chi connectivity index (χ1v) is 7.42. The molecule has 2 rings (SSSR count). The van der Waals surface area contributed by atoms with Gasteiger partial charge in [-0.25, -0.2) is 4.98 Å². The molecule has 1 aliphatic heterocycles. The number of thiazole rings is 1. The zero-order valence-electron chi connectivity index (χ0n) is 9.72. The van der Waals surface area contributed by atoms with E-state index >= 15 is 0 Å². The highest BCUT2D eigenvalue weighted by Crippen LogP contribution is 2.19. The summed E-state index contributed by atoms with van der Waals surface area (Å²) in [4.78, 5) is 28.3. The molecule has 8 heteroatoms. The summed E-state index contributed by atoms with van der Waals surface area (Å²) in [7, 11) is 0. The average molecular weight is 286 g/mol. The Morgan fingerprint density at radius 2 is 2.33 bits per heavy atom. The van der Waals surface area contributed by atoms with E-state index in [1.165, 1.54) is 16.2 Å². The van der Waals surface area contributed by atoms with Gasteiger partial charge in [-0.05, 0) is 6.54 Å². The fourth-order valence-corrected chi connectivity index (χ4v) is 3.05. The molecule has 0 aromatic carbocycles. The van der Waals surface area contributed by atoms with Crippen molar-refractivity contribution in [1.29, 1.82) is 0 Å². The Hall–Kier alpha value is -1.12. The van der Waals surface area contributed by atoms with Gasteiger partial charge in [0.2, 0.25) is 5.91 Å². The van der Waals surface area contributed by atoms with Gasteiger partial charge in [0.15, 0.2) is 5.13 Å². The minimum atomic E-state index is -0.162. The molecular formula is C10H14N4O2S2. The molecule has 0 bridgehead atoms. The van der Waals surface area contributed by atoms with Gasteiger partial charge in [0, 0.05) is 24.9 Å². The van der Waals surface area contributed by atoms with Crippen LogP contribution in [-0.4, -0.2) is 46.4 Å². The molecular weight excluding hydrogens is 272 g/mol. The van der Waals surface area contributed by atoms with Crippen molar-refractivity contribution in [3.05, 3.63) is 11.1 Å². The van der Waals surface area contributed by atoms with Gasteiger partial charge in [-0.1, -0.05) is 11.8 Å². The second kappa shape index (κ2) is 6.17. The molecule has 2 heterocycles.